The molecule has 1 aliphatic heterocycles. The van der Waals surface area contributed by atoms with Gasteiger partial charge in [0.25, 0.3) is 0 Å². The van der Waals surface area contributed by atoms with Gasteiger partial charge in [0.05, 0.1) is 25.2 Å². The lowest BCUT2D eigenvalue weighted by atomic mass is 10.0. The quantitative estimate of drug-likeness (QED) is 0.833. The van der Waals surface area contributed by atoms with E-state index < -0.39 is 10.0 Å². The zero-order valence-electron chi connectivity index (χ0n) is 13.8. The molecule has 0 amide bonds. The molecule has 1 saturated heterocycles. The van der Waals surface area contributed by atoms with Gasteiger partial charge in [0.15, 0.2) is 0 Å². The van der Waals surface area contributed by atoms with Crippen LogP contribution in [0.1, 0.15) is 24.4 Å². The molecule has 0 aromatic heterocycles. The SMILES string of the molecule is COc1ccc(C2CCCN2S(=O)(=O)c2ccccc2)c(OC)c1. The summed E-state index contributed by atoms with van der Waals surface area (Å²) in [6.07, 6.45) is 1.60. The van der Waals surface area contributed by atoms with Gasteiger partial charge in [0, 0.05) is 18.2 Å². The Balaban J connectivity index is 2.00. The molecule has 3 rings (SSSR count). The molecular weight excluding hydrogens is 326 g/mol. The Labute approximate surface area is 142 Å². The topological polar surface area (TPSA) is 55.8 Å². The Morgan fingerprint density at radius 2 is 1.79 bits per heavy atom. The number of hydrogen-bond acceptors (Lipinski definition) is 4. The molecule has 24 heavy (non-hydrogen) atoms. The van der Waals surface area contributed by atoms with Crippen LogP contribution in [0.4, 0.5) is 0 Å². The van der Waals surface area contributed by atoms with E-state index in [4.69, 9.17) is 9.47 Å². The van der Waals surface area contributed by atoms with Crippen molar-refractivity contribution in [2.24, 2.45) is 0 Å². The van der Waals surface area contributed by atoms with Crippen LogP contribution in [-0.4, -0.2) is 33.5 Å². The van der Waals surface area contributed by atoms with Gasteiger partial charge in [-0.1, -0.05) is 24.3 Å². The lowest BCUT2D eigenvalue weighted by Crippen LogP contribution is -2.30. The molecule has 5 nitrogen and oxygen atoms in total. The molecule has 0 radical (unpaired) electrons. The van der Waals surface area contributed by atoms with Gasteiger partial charge in [-0.3, -0.25) is 0 Å². The second kappa shape index (κ2) is 6.83. The van der Waals surface area contributed by atoms with E-state index >= 15 is 0 Å². The maximum Gasteiger partial charge on any atom is 0.243 e. The summed E-state index contributed by atoms with van der Waals surface area (Å²) in [6, 6.07) is 13.9. The molecule has 1 atom stereocenters. The normalized spacial score (nSPS) is 18.5. The van der Waals surface area contributed by atoms with E-state index in [1.165, 1.54) is 0 Å². The smallest absolute Gasteiger partial charge is 0.243 e. The molecule has 2 aromatic rings. The zero-order valence-corrected chi connectivity index (χ0v) is 14.6. The van der Waals surface area contributed by atoms with Crippen LogP contribution in [0, 0.1) is 0 Å². The average Bonchev–Trinajstić information content (AvgIpc) is 3.12. The van der Waals surface area contributed by atoms with Gasteiger partial charge in [0.1, 0.15) is 11.5 Å². The second-order valence-corrected chi connectivity index (χ2v) is 7.59. The van der Waals surface area contributed by atoms with Crippen molar-refractivity contribution in [2.75, 3.05) is 20.8 Å². The first-order valence-corrected chi connectivity index (χ1v) is 9.30. The van der Waals surface area contributed by atoms with Crippen LogP contribution in [0.3, 0.4) is 0 Å². The van der Waals surface area contributed by atoms with Crippen LogP contribution in [-0.2, 0) is 10.0 Å². The third-order valence-electron chi connectivity index (χ3n) is 4.35. The summed E-state index contributed by atoms with van der Waals surface area (Å²) >= 11 is 0. The molecule has 0 N–H and O–H groups in total. The molecule has 0 saturated carbocycles. The molecular formula is C18H21NO4S. The molecule has 0 aliphatic carbocycles. The third-order valence-corrected chi connectivity index (χ3v) is 6.28. The summed E-state index contributed by atoms with van der Waals surface area (Å²) in [5.74, 6) is 1.33. The maximum absolute atomic E-state index is 13.0. The van der Waals surface area contributed by atoms with Crippen LogP contribution in [0.2, 0.25) is 0 Å². The summed E-state index contributed by atoms with van der Waals surface area (Å²) in [4.78, 5) is 0.323. The molecule has 2 aromatic carbocycles. The van der Waals surface area contributed by atoms with E-state index in [-0.39, 0.29) is 6.04 Å². The van der Waals surface area contributed by atoms with Crippen LogP contribution < -0.4 is 9.47 Å². The fourth-order valence-corrected chi connectivity index (χ4v) is 4.86. The van der Waals surface area contributed by atoms with E-state index in [0.717, 1.165) is 18.4 Å². The van der Waals surface area contributed by atoms with Gasteiger partial charge in [0.2, 0.25) is 10.0 Å². The van der Waals surface area contributed by atoms with Crippen molar-refractivity contribution in [3.8, 4) is 11.5 Å². The molecule has 1 unspecified atom stereocenters. The first-order chi connectivity index (χ1) is 11.6. The number of nitrogens with zero attached hydrogens (tertiary/aromatic N) is 1. The van der Waals surface area contributed by atoms with Gasteiger partial charge >= 0.3 is 0 Å². The summed E-state index contributed by atoms with van der Waals surface area (Å²) < 4.78 is 38.3. The standard InChI is InChI=1S/C18H21NO4S/c1-22-14-10-11-16(18(13-14)23-2)17-9-6-12-19(17)24(20,21)15-7-4-3-5-8-15/h3-5,7-8,10-11,13,17H,6,9,12H2,1-2H3. The van der Waals surface area contributed by atoms with E-state index in [1.807, 2.05) is 18.2 Å². The van der Waals surface area contributed by atoms with Gasteiger partial charge in [-0.15, -0.1) is 0 Å². The third kappa shape index (κ3) is 2.99. The Bertz CT molecular complexity index is 805. The molecule has 0 spiro atoms. The van der Waals surface area contributed by atoms with Crippen molar-refractivity contribution in [3.63, 3.8) is 0 Å². The van der Waals surface area contributed by atoms with Crippen LogP contribution in [0.15, 0.2) is 53.4 Å². The number of methoxy groups -OCH3 is 2. The van der Waals surface area contributed by atoms with Crippen LogP contribution >= 0.6 is 0 Å². The van der Waals surface area contributed by atoms with Gasteiger partial charge in [-0.25, -0.2) is 8.42 Å². The van der Waals surface area contributed by atoms with E-state index in [2.05, 4.69) is 0 Å². The van der Waals surface area contributed by atoms with Crippen LogP contribution in [0.25, 0.3) is 0 Å². The molecule has 6 heteroatoms. The predicted molar refractivity (Wildman–Crippen MR) is 91.9 cm³/mol. The monoisotopic (exact) mass is 347 g/mol. The summed E-state index contributed by atoms with van der Waals surface area (Å²) in [5.41, 5.74) is 0.871. The van der Waals surface area contributed by atoms with Crippen molar-refractivity contribution in [1.29, 1.82) is 0 Å². The molecule has 1 fully saturated rings. The highest BCUT2D eigenvalue weighted by Crippen LogP contribution is 2.41. The lowest BCUT2D eigenvalue weighted by molar-refractivity contribution is 0.361. The molecule has 1 heterocycles. The molecule has 128 valence electrons. The van der Waals surface area contributed by atoms with Crippen molar-refractivity contribution in [2.45, 2.75) is 23.8 Å². The van der Waals surface area contributed by atoms with Crippen molar-refractivity contribution >= 4 is 10.0 Å². The lowest BCUT2D eigenvalue weighted by Gasteiger charge is -2.26. The minimum Gasteiger partial charge on any atom is -0.497 e. The minimum absolute atomic E-state index is 0.226. The van der Waals surface area contributed by atoms with E-state index in [0.29, 0.717) is 22.9 Å². The Morgan fingerprint density at radius 3 is 2.46 bits per heavy atom. The second-order valence-electron chi connectivity index (χ2n) is 5.69. The number of ether oxygens (including phenoxy) is 2. The number of hydrogen-bond donors (Lipinski definition) is 0. The zero-order chi connectivity index (χ0) is 17.2. The summed E-state index contributed by atoms with van der Waals surface area (Å²) in [6.45, 7) is 0.511. The van der Waals surface area contributed by atoms with Gasteiger partial charge < -0.3 is 9.47 Å². The Morgan fingerprint density at radius 1 is 1.04 bits per heavy atom. The maximum atomic E-state index is 13.0. The summed E-state index contributed by atoms with van der Waals surface area (Å²) in [7, 11) is -0.350. The first-order valence-electron chi connectivity index (χ1n) is 7.86. The highest BCUT2D eigenvalue weighted by atomic mass is 32.2. The summed E-state index contributed by atoms with van der Waals surface area (Å²) in [5, 5.41) is 0. The van der Waals surface area contributed by atoms with E-state index in [1.54, 1.807) is 48.9 Å². The minimum atomic E-state index is -3.53. The Hall–Kier alpha value is -2.05. The van der Waals surface area contributed by atoms with Crippen molar-refractivity contribution in [1.82, 2.24) is 4.31 Å². The predicted octanol–water partition coefficient (Wildman–Crippen LogP) is 3.23. The molecule has 0 bridgehead atoms. The fraction of sp³-hybridized carbons (Fsp3) is 0.333. The van der Waals surface area contributed by atoms with Gasteiger partial charge in [-0.2, -0.15) is 4.31 Å². The highest BCUT2D eigenvalue weighted by molar-refractivity contribution is 7.89. The average molecular weight is 347 g/mol. The molecule has 1 aliphatic rings. The number of benzene rings is 2. The van der Waals surface area contributed by atoms with Crippen molar-refractivity contribution < 1.29 is 17.9 Å². The number of rotatable bonds is 5. The van der Waals surface area contributed by atoms with Gasteiger partial charge in [-0.05, 0) is 31.0 Å². The highest BCUT2D eigenvalue weighted by Gasteiger charge is 2.37. The van der Waals surface area contributed by atoms with Crippen molar-refractivity contribution in [3.05, 3.63) is 54.1 Å². The fourth-order valence-electron chi connectivity index (χ4n) is 3.16. The largest absolute Gasteiger partial charge is 0.497 e. The first kappa shape index (κ1) is 16.8. The Kier molecular flexibility index (Phi) is 4.78. The number of sulfonamides is 1. The van der Waals surface area contributed by atoms with Crippen LogP contribution in [0.5, 0.6) is 11.5 Å². The van der Waals surface area contributed by atoms with E-state index in [9.17, 15) is 8.42 Å².